The van der Waals surface area contributed by atoms with Gasteiger partial charge in [-0.2, -0.15) is 0 Å². The van der Waals surface area contributed by atoms with Crippen molar-refractivity contribution in [1.82, 2.24) is 0 Å². The molecule has 0 heterocycles. The van der Waals surface area contributed by atoms with Crippen LogP contribution in [-0.2, 0) is 0 Å². The van der Waals surface area contributed by atoms with Gasteiger partial charge in [0.25, 0.3) is 0 Å². The molecular formula is C8H18O4. The average molecular weight is 178 g/mol. The summed E-state index contributed by atoms with van der Waals surface area (Å²) in [6.07, 6.45) is 1.77. The van der Waals surface area contributed by atoms with Crippen molar-refractivity contribution in [3.8, 4) is 0 Å². The maximum absolute atomic E-state index is 8.38. The summed E-state index contributed by atoms with van der Waals surface area (Å²) < 4.78 is 0. The number of aliphatic hydroxyl groups is 4. The van der Waals surface area contributed by atoms with Crippen LogP contribution in [0.25, 0.3) is 0 Å². The molecule has 0 aromatic heterocycles. The minimum Gasteiger partial charge on any atom is -0.516 e. The summed E-state index contributed by atoms with van der Waals surface area (Å²) in [5.41, 5.74) is 0. The van der Waals surface area contributed by atoms with Gasteiger partial charge in [-0.15, -0.1) is 0 Å². The van der Waals surface area contributed by atoms with Gasteiger partial charge in [0.1, 0.15) is 0 Å². The lowest BCUT2D eigenvalue weighted by molar-refractivity contribution is 0.0438. The van der Waals surface area contributed by atoms with Gasteiger partial charge >= 0.3 is 0 Å². The maximum Gasteiger partial charge on any atom is 0.0768 e. The number of hydrogen-bond donors (Lipinski definition) is 4. The summed E-state index contributed by atoms with van der Waals surface area (Å²) in [6, 6.07) is 0. The first-order valence-corrected chi connectivity index (χ1v) is 3.82. The first kappa shape index (κ1) is 14.0. The van der Waals surface area contributed by atoms with E-state index in [9.17, 15) is 0 Å². The van der Waals surface area contributed by atoms with Crippen LogP contribution in [0.4, 0.5) is 0 Å². The fourth-order valence-corrected chi connectivity index (χ4v) is 0.149. The Kier molecular flexibility index (Phi) is 12.1. The Morgan fingerprint density at radius 3 is 1.67 bits per heavy atom. The molecule has 4 nitrogen and oxygen atoms in total. The Hall–Kier alpha value is -0.580. The second kappa shape index (κ2) is 10.4. The maximum atomic E-state index is 8.38. The van der Waals surface area contributed by atoms with Gasteiger partial charge in [0.15, 0.2) is 0 Å². The van der Waals surface area contributed by atoms with E-state index < -0.39 is 12.2 Å². The Balaban J connectivity index is 0. The molecule has 0 spiro atoms. The van der Waals surface area contributed by atoms with E-state index in [0.717, 1.165) is 6.26 Å². The van der Waals surface area contributed by atoms with Crippen molar-refractivity contribution in [2.24, 2.45) is 0 Å². The lowest BCUT2D eigenvalue weighted by Gasteiger charge is -2.03. The second-order valence-corrected chi connectivity index (χ2v) is 2.38. The third-order valence-corrected chi connectivity index (χ3v) is 1.10. The molecule has 74 valence electrons. The SMILES string of the molecule is CC(O)C(C)O.OC=CCCO. The summed E-state index contributed by atoms with van der Waals surface area (Å²) in [6.45, 7) is 3.20. The van der Waals surface area contributed by atoms with E-state index in [-0.39, 0.29) is 6.61 Å². The highest BCUT2D eigenvalue weighted by molar-refractivity contribution is 4.69. The van der Waals surface area contributed by atoms with Gasteiger partial charge in [0.05, 0.1) is 18.5 Å². The summed E-state index contributed by atoms with van der Waals surface area (Å²) in [5.74, 6) is 0. The lowest BCUT2D eigenvalue weighted by atomic mass is 10.3. The zero-order valence-corrected chi connectivity index (χ0v) is 7.51. The Morgan fingerprint density at radius 2 is 1.58 bits per heavy atom. The smallest absolute Gasteiger partial charge is 0.0768 e. The summed E-state index contributed by atoms with van der Waals surface area (Å²) in [5, 5.41) is 32.7. The van der Waals surface area contributed by atoms with Gasteiger partial charge in [-0.25, -0.2) is 0 Å². The van der Waals surface area contributed by atoms with Crippen molar-refractivity contribution >= 4 is 0 Å². The molecule has 0 saturated carbocycles. The first-order valence-electron chi connectivity index (χ1n) is 3.82. The molecule has 0 aromatic rings. The zero-order valence-electron chi connectivity index (χ0n) is 7.51. The van der Waals surface area contributed by atoms with E-state index in [1.165, 1.54) is 6.08 Å². The molecule has 0 aromatic carbocycles. The van der Waals surface area contributed by atoms with Gasteiger partial charge in [-0.05, 0) is 26.3 Å². The van der Waals surface area contributed by atoms with Crippen LogP contribution in [0.2, 0.25) is 0 Å². The molecule has 0 bridgehead atoms. The van der Waals surface area contributed by atoms with E-state index >= 15 is 0 Å². The standard InChI is InChI=1S/C4H10O2.C4H8O2/c1-3(5)4(2)6;5-3-1-2-4-6/h3-6H,1-2H3;1,3,5-6H,2,4H2. The highest BCUT2D eigenvalue weighted by Crippen LogP contribution is 1.85. The zero-order chi connectivity index (χ0) is 9.98. The Morgan fingerprint density at radius 1 is 1.17 bits per heavy atom. The normalized spacial score (nSPS) is 15.1. The highest BCUT2D eigenvalue weighted by Gasteiger charge is 1.99. The Bertz CT molecular complexity index is 93.2. The topological polar surface area (TPSA) is 80.9 Å². The van der Waals surface area contributed by atoms with Crippen molar-refractivity contribution in [2.75, 3.05) is 6.61 Å². The van der Waals surface area contributed by atoms with Crippen molar-refractivity contribution in [2.45, 2.75) is 32.5 Å². The van der Waals surface area contributed by atoms with Crippen LogP contribution in [-0.4, -0.2) is 39.2 Å². The van der Waals surface area contributed by atoms with Gasteiger partial charge in [-0.3, -0.25) is 0 Å². The lowest BCUT2D eigenvalue weighted by Crippen LogP contribution is -2.17. The molecule has 0 rings (SSSR count). The predicted molar refractivity (Wildman–Crippen MR) is 46.8 cm³/mol. The van der Waals surface area contributed by atoms with Crippen LogP contribution >= 0.6 is 0 Å². The van der Waals surface area contributed by atoms with E-state index in [1.807, 2.05) is 0 Å². The van der Waals surface area contributed by atoms with E-state index in [1.54, 1.807) is 13.8 Å². The summed E-state index contributed by atoms with van der Waals surface area (Å²) >= 11 is 0. The molecule has 4 N–H and O–H groups in total. The number of rotatable bonds is 3. The van der Waals surface area contributed by atoms with Crippen molar-refractivity contribution in [3.05, 3.63) is 12.3 Å². The molecular weight excluding hydrogens is 160 g/mol. The minimum absolute atomic E-state index is 0.108. The summed E-state index contributed by atoms with van der Waals surface area (Å²) in [7, 11) is 0. The molecule has 0 radical (unpaired) electrons. The molecule has 0 saturated heterocycles. The third kappa shape index (κ3) is 16.2. The fourth-order valence-electron chi connectivity index (χ4n) is 0.149. The highest BCUT2D eigenvalue weighted by atomic mass is 16.3. The van der Waals surface area contributed by atoms with E-state index in [0.29, 0.717) is 6.42 Å². The monoisotopic (exact) mass is 178 g/mol. The molecule has 0 aliphatic heterocycles. The molecule has 0 fully saturated rings. The number of hydrogen-bond acceptors (Lipinski definition) is 4. The van der Waals surface area contributed by atoms with Gasteiger partial charge in [0.2, 0.25) is 0 Å². The van der Waals surface area contributed by atoms with Gasteiger partial charge in [0, 0.05) is 6.61 Å². The van der Waals surface area contributed by atoms with Crippen LogP contribution < -0.4 is 0 Å². The molecule has 0 aliphatic carbocycles. The van der Waals surface area contributed by atoms with Crippen LogP contribution in [0.1, 0.15) is 20.3 Å². The van der Waals surface area contributed by atoms with Crippen LogP contribution in [0.15, 0.2) is 12.3 Å². The van der Waals surface area contributed by atoms with Gasteiger partial charge < -0.3 is 20.4 Å². The minimum atomic E-state index is -0.593. The van der Waals surface area contributed by atoms with Crippen molar-refractivity contribution in [1.29, 1.82) is 0 Å². The molecule has 12 heavy (non-hydrogen) atoms. The number of aliphatic hydroxyl groups excluding tert-OH is 4. The fraction of sp³-hybridized carbons (Fsp3) is 0.750. The van der Waals surface area contributed by atoms with Gasteiger partial charge in [-0.1, -0.05) is 0 Å². The average Bonchev–Trinajstić information content (AvgIpc) is 2.02. The van der Waals surface area contributed by atoms with Crippen molar-refractivity contribution in [3.63, 3.8) is 0 Å². The summed E-state index contributed by atoms with van der Waals surface area (Å²) in [4.78, 5) is 0. The molecule has 2 unspecified atom stereocenters. The molecule has 0 aliphatic rings. The second-order valence-electron chi connectivity index (χ2n) is 2.38. The van der Waals surface area contributed by atoms with Crippen LogP contribution in [0.3, 0.4) is 0 Å². The third-order valence-electron chi connectivity index (χ3n) is 1.10. The quantitative estimate of drug-likeness (QED) is 0.465. The molecule has 4 heteroatoms. The van der Waals surface area contributed by atoms with Crippen LogP contribution in [0, 0.1) is 0 Å². The van der Waals surface area contributed by atoms with E-state index in [4.69, 9.17) is 20.4 Å². The molecule has 0 amide bonds. The Labute approximate surface area is 72.8 Å². The molecule has 2 atom stereocenters. The first-order chi connectivity index (χ1) is 5.56. The predicted octanol–water partition coefficient (Wildman–Crippen LogP) is 0.188. The van der Waals surface area contributed by atoms with Crippen molar-refractivity contribution < 1.29 is 20.4 Å². The largest absolute Gasteiger partial charge is 0.516 e. The van der Waals surface area contributed by atoms with Crippen LogP contribution in [0.5, 0.6) is 0 Å². The van der Waals surface area contributed by atoms with E-state index in [2.05, 4.69) is 0 Å².